The molecular weight excluding hydrogens is 312 g/mol. The number of rotatable bonds is 4. The van der Waals surface area contributed by atoms with Crippen molar-refractivity contribution in [3.05, 3.63) is 28.2 Å². The Hall–Kier alpha value is -0.550. The van der Waals surface area contributed by atoms with E-state index in [4.69, 9.17) is 10.4 Å². The fourth-order valence-electron chi connectivity index (χ4n) is 0.976. The molecular formula is C9H9BrN2O2S2. The van der Waals surface area contributed by atoms with Gasteiger partial charge >= 0.3 is 0 Å². The fraction of sp³-hybridized carbons (Fsp3) is 0.222. The van der Waals surface area contributed by atoms with Crippen molar-refractivity contribution in [2.24, 2.45) is 5.14 Å². The minimum absolute atomic E-state index is 0.102. The van der Waals surface area contributed by atoms with Gasteiger partial charge in [-0.15, -0.1) is 11.8 Å². The maximum absolute atomic E-state index is 10.7. The zero-order valence-corrected chi connectivity index (χ0v) is 11.4. The summed E-state index contributed by atoms with van der Waals surface area (Å²) in [6, 6.07) is 7.28. The molecule has 0 saturated heterocycles. The summed E-state index contributed by atoms with van der Waals surface area (Å²) >= 11 is 4.59. The molecule has 4 nitrogen and oxygen atoms in total. The molecule has 1 rings (SSSR count). The van der Waals surface area contributed by atoms with Crippen LogP contribution in [-0.2, 0) is 10.0 Å². The first kappa shape index (κ1) is 13.5. The molecule has 0 spiro atoms. The van der Waals surface area contributed by atoms with Crippen molar-refractivity contribution in [3.63, 3.8) is 0 Å². The van der Waals surface area contributed by atoms with Crippen LogP contribution in [0.3, 0.4) is 0 Å². The number of nitriles is 1. The molecule has 16 heavy (non-hydrogen) atoms. The van der Waals surface area contributed by atoms with E-state index < -0.39 is 10.0 Å². The zero-order chi connectivity index (χ0) is 12.2. The highest BCUT2D eigenvalue weighted by atomic mass is 79.9. The molecule has 0 atom stereocenters. The van der Waals surface area contributed by atoms with Crippen LogP contribution in [-0.4, -0.2) is 19.9 Å². The summed E-state index contributed by atoms with van der Waals surface area (Å²) in [6.45, 7) is 0. The minimum atomic E-state index is -3.44. The van der Waals surface area contributed by atoms with E-state index in [-0.39, 0.29) is 5.75 Å². The first-order valence-electron chi connectivity index (χ1n) is 4.25. The summed E-state index contributed by atoms with van der Waals surface area (Å²) in [6.07, 6.45) is 0. The summed E-state index contributed by atoms with van der Waals surface area (Å²) in [5, 5.41) is 13.7. The smallest absolute Gasteiger partial charge is 0.209 e. The van der Waals surface area contributed by atoms with Crippen LogP contribution in [0.25, 0.3) is 0 Å². The number of sulfonamides is 1. The number of nitrogens with two attached hydrogens (primary N) is 1. The van der Waals surface area contributed by atoms with Crippen molar-refractivity contribution in [1.82, 2.24) is 0 Å². The van der Waals surface area contributed by atoms with Gasteiger partial charge in [-0.05, 0) is 18.2 Å². The number of nitrogens with zero attached hydrogens (tertiary/aromatic N) is 1. The summed E-state index contributed by atoms with van der Waals surface area (Å²) < 4.78 is 22.3. The van der Waals surface area contributed by atoms with Crippen LogP contribution in [0.4, 0.5) is 0 Å². The Balaban J connectivity index is 2.74. The summed E-state index contributed by atoms with van der Waals surface area (Å²) in [5.41, 5.74) is 0.530. The van der Waals surface area contributed by atoms with Crippen molar-refractivity contribution < 1.29 is 8.42 Å². The molecule has 0 amide bonds. The minimum Gasteiger partial charge on any atom is -0.229 e. The summed E-state index contributed by atoms with van der Waals surface area (Å²) in [7, 11) is -3.44. The highest BCUT2D eigenvalue weighted by molar-refractivity contribution is 9.10. The maximum atomic E-state index is 10.7. The second-order valence-electron chi connectivity index (χ2n) is 2.97. The Kier molecular flexibility index (Phi) is 4.80. The largest absolute Gasteiger partial charge is 0.229 e. The molecule has 0 heterocycles. The number of benzene rings is 1. The Morgan fingerprint density at radius 1 is 1.50 bits per heavy atom. The molecule has 0 aliphatic carbocycles. The second kappa shape index (κ2) is 5.68. The average molecular weight is 321 g/mol. The van der Waals surface area contributed by atoms with Crippen molar-refractivity contribution in [2.45, 2.75) is 4.90 Å². The van der Waals surface area contributed by atoms with E-state index in [1.54, 1.807) is 18.2 Å². The average Bonchev–Trinajstić information content (AvgIpc) is 2.16. The predicted octanol–water partition coefficient (Wildman–Crippen LogP) is 1.70. The maximum Gasteiger partial charge on any atom is 0.209 e. The van der Waals surface area contributed by atoms with Gasteiger partial charge in [0.15, 0.2) is 0 Å². The van der Waals surface area contributed by atoms with Gasteiger partial charge in [0, 0.05) is 15.1 Å². The molecule has 0 unspecified atom stereocenters. The molecule has 0 radical (unpaired) electrons. The Morgan fingerprint density at radius 2 is 2.19 bits per heavy atom. The van der Waals surface area contributed by atoms with Crippen LogP contribution in [0, 0.1) is 11.3 Å². The number of halogens is 1. The number of primary sulfonamides is 1. The molecule has 7 heteroatoms. The van der Waals surface area contributed by atoms with Crippen LogP contribution < -0.4 is 5.14 Å². The fourth-order valence-corrected chi connectivity index (χ4v) is 3.45. The monoisotopic (exact) mass is 320 g/mol. The van der Waals surface area contributed by atoms with Crippen molar-refractivity contribution in [2.75, 3.05) is 11.5 Å². The molecule has 86 valence electrons. The predicted molar refractivity (Wildman–Crippen MR) is 67.6 cm³/mol. The SMILES string of the molecule is N#Cc1ccc(Br)cc1SCCS(N)(=O)=O. The molecule has 0 saturated carbocycles. The molecule has 0 bridgehead atoms. The van der Waals surface area contributed by atoms with Gasteiger partial charge in [0.25, 0.3) is 0 Å². The third-order valence-corrected chi connectivity index (χ3v) is 4.27. The van der Waals surface area contributed by atoms with E-state index in [1.165, 1.54) is 11.8 Å². The molecule has 1 aromatic rings. The van der Waals surface area contributed by atoms with Crippen LogP contribution in [0.2, 0.25) is 0 Å². The van der Waals surface area contributed by atoms with E-state index >= 15 is 0 Å². The van der Waals surface area contributed by atoms with E-state index in [0.29, 0.717) is 11.3 Å². The lowest BCUT2D eigenvalue weighted by molar-refractivity contribution is 0.599. The van der Waals surface area contributed by atoms with Gasteiger partial charge in [-0.25, -0.2) is 13.6 Å². The highest BCUT2D eigenvalue weighted by Gasteiger charge is 2.06. The topological polar surface area (TPSA) is 83.9 Å². The van der Waals surface area contributed by atoms with Crippen molar-refractivity contribution in [1.29, 1.82) is 5.26 Å². The quantitative estimate of drug-likeness (QED) is 0.856. The third-order valence-electron chi connectivity index (χ3n) is 1.69. The first-order valence-corrected chi connectivity index (χ1v) is 7.75. The second-order valence-corrected chi connectivity index (χ2v) is 6.75. The number of hydrogen-bond donors (Lipinski definition) is 1. The van der Waals surface area contributed by atoms with E-state index in [9.17, 15) is 8.42 Å². The molecule has 0 aromatic heterocycles. The van der Waals surface area contributed by atoms with Crippen LogP contribution in [0.1, 0.15) is 5.56 Å². The molecule has 0 aliphatic heterocycles. The van der Waals surface area contributed by atoms with Crippen LogP contribution in [0.15, 0.2) is 27.6 Å². The summed E-state index contributed by atoms with van der Waals surface area (Å²) in [4.78, 5) is 0.750. The van der Waals surface area contributed by atoms with E-state index in [1.807, 2.05) is 6.07 Å². The van der Waals surface area contributed by atoms with Gasteiger partial charge in [0.2, 0.25) is 10.0 Å². The molecule has 1 aromatic carbocycles. The lowest BCUT2D eigenvalue weighted by atomic mass is 10.2. The molecule has 2 N–H and O–H groups in total. The highest BCUT2D eigenvalue weighted by Crippen LogP contribution is 2.25. The van der Waals surface area contributed by atoms with Gasteiger partial charge in [-0.1, -0.05) is 15.9 Å². The zero-order valence-electron chi connectivity index (χ0n) is 8.18. The number of thioether (sulfide) groups is 1. The molecule has 0 fully saturated rings. The lowest BCUT2D eigenvalue weighted by Gasteiger charge is -2.03. The third kappa shape index (κ3) is 4.53. The Bertz CT molecular complexity index is 523. The summed E-state index contributed by atoms with van der Waals surface area (Å²) in [5.74, 6) is 0.235. The van der Waals surface area contributed by atoms with Crippen LogP contribution in [0.5, 0.6) is 0 Å². The number of hydrogen-bond acceptors (Lipinski definition) is 4. The Labute approximate surface area is 107 Å². The first-order chi connectivity index (χ1) is 7.42. The van der Waals surface area contributed by atoms with Gasteiger partial charge in [0.1, 0.15) is 6.07 Å². The van der Waals surface area contributed by atoms with Crippen LogP contribution >= 0.6 is 27.7 Å². The van der Waals surface area contributed by atoms with Crippen molar-refractivity contribution >= 4 is 37.7 Å². The normalized spacial score (nSPS) is 11.1. The van der Waals surface area contributed by atoms with Gasteiger partial charge < -0.3 is 0 Å². The van der Waals surface area contributed by atoms with E-state index in [0.717, 1.165) is 9.37 Å². The van der Waals surface area contributed by atoms with E-state index in [2.05, 4.69) is 15.9 Å². The lowest BCUT2D eigenvalue weighted by Crippen LogP contribution is -2.17. The van der Waals surface area contributed by atoms with Gasteiger partial charge in [0.05, 0.1) is 11.3 Å². The van der Waals surface area contributed by atoms with Gasteiger partial charge in [-0.3, -0.25) is 0 Å². The van der Waals surface area contributed by atoms with Crippen molar-refractivity contribution in [3.8, 4) is 6.07 Å². The Morgan fingerprint density at radius 3 is 2.75 bits per heavy atom. The van der Waals surface area contributed by atoms with Gasteiger partial charge in [-0.2, -0.15) is 5.26 Å². The standard InChI is InChI=1S/C9H9BrN2O2S2/c10-8-2-1-7(6-11)9(5-8)15-3-4-16(12,13)14/h1-2,5H,3-4H2,(H2,12,13,14). The molecule has 0 aliphatic rings.